The Morgan fingerprint density at radius 3 is 2.33 bits per heavy atom. The van der Waals surface area contributed by atoms with E-state index in [-0.39, 0.29) is 16.3 Å². The van der Waals surface area contributed by atoms with Crippen molar-refractivity contribution in [1.82, 2.24) is 0 Å². The molecule has 0 amide bonds. The second kappa shape index (κ2) is 6.85. The Bertz CT molecular complexity index is 850. The van der Waals surface area contributed by atoms with Crippen molar-refractivity contribution in [3.63, 3.8) is 0 Å². The van der Waals surface area contributed by atoms with Crippen LogP contribution in [-0.2, 0) is 16.6 Å². The fraction of sp³-hybridized carbons (Fsp3) is 0.200. The highest BCUT2D eigenvalue weighted by Gasteiger charge is 2.20. The lowest BCUT2D eigenvalue weighted by molar-refractivity contribution is -0.384. The quantitative estimate of drug-likeness (QED) is 0.627. The number of nitrogens with zero attached hydrogens (tertiary/aromatic N) is 2. The van der Waals surface area contributed by atoms with E-state index in [1.54, 1.807) is 31.2 Å². The molecule has 0 unspecified atom stereocenters. The van der Waals surface area contributed by atoms with E-state index in [1.165, 1.54) is 6.07 Å². The molecule has 0 spiro atoms. The van der Waals surface area contributed by atoms with Gasteiger partial charge in [0.25, 0.3) is 5.69 Å². The third-order valence-electron chi connectivity index (χ3n) is 3.45. The van der Waals surface area contributed by atoms with E-state index in [0.717, 1.165) is 17.7 Å². The molecule has 128 valence electrons. The number of nitrogens with two attached hydrogens (primary N) is 1. The number of methoxy groups -OCH3 is 1. The van der Waals surface area contributed by atoms with Crippen LogP contribution >= 0.6 is 0 Å². The summed E-state index contributed by atoms with van der Waals surface area (Å²) in [6, 6.07) is 10.7. The largest absolute Gasteiger partial charge is 0.497 e. The number of nitro groups is 1. The number of sulfonamides is 1. The lowest BCUT2D eigenvalue weighted by Crippen LogP contribution is -2.22. The molecular formula is C15H17N3O5S. The summed E-state index contributed by atoms with van der Waals surface area (Å²) in [7, 11) is -0.813. The number of anilines is 1. The summed E-state index contributed by atoms with van der Waals surface area (Å²) in [5.41, 5.74) is 0.840. The molecule has 0 radical (unpaired) electrons. The maximum atomic E-state index is 11.7. The van der Waals surface area contributed by atoms with Gasteiger partial charge in [0.15, 0.2) is 0 Å². The SMILES string of the molecule is COc1ccc(CN(C)c2cc([N+](=O)[O-])ccc2S(N)(=O)=O)cc1. The summed E-state index contributed by atoms with van der Waals surface area (Å²) >= 11 is 0. The van der Waals surface area contributed by atoms with Gasteiger partial charge in [-0.2, -0.15) is 0 Å². The third kappa shape index (κ3) is 4.00. The molecule has 2 rings (SSSR count). The molecule has 0 aliphatic heterocycles. The van der Waals surface area contributed by atoms with Crippen molar-refractivity contribution in [1.29, 1.82) is 0 Å². The summed E-state index contributed by atoms with van der Waals surface area (Å²) in [5.74, 6) is 0.696. The van der Waals surface area contributed by atoms with E-state index in [9.17, 15) is 18.5 Å². The van der Waals surface area contributed by atoms with E-state index in [1.807, 2.05) is 12.1 Å². The Morgan fingerprint density at radius 1 is 1.21 bits per heavy atom. The van der Waals surface area contributed by atoms with Crippen molar-refractivity contribution < 1.29 is 18.1 Å². The van der Waals surface area contributed by atoms with E-state index < -0.39 is 14.9 Å². The maximum absolute atomic E-state index is 11.7. The van der Waals surface area contributed by atoms with Crippen LogP contribution in [0.15, 0.2) is 47.4 Å². The molecule has 9 heteroatoms. The number of non-ortho nitro benzene ring substituents is 1. The number of ether oxygens (including phenoxy) is 1. The normalized spacial score (nSPS) is 11.1. The van der Waals surface area contributed by atoms with E-state index in [2.05, 4.69) is 0 Å². The number of hydrogen-bond acceptors (Lipinski definition) is 6. The van der Waals surface area contributed by atoms with Gasteiger partial charge < -0.3 is 9.64 Å². The van der Waals surface area contributed by atoms with Gasteiger partial charge in [0.05, 0.1) is 17.7 Å². The molecular weight excluding hydrogens is 334 g/mol. The molecule has 0 bridgehead atoms. The topological polar surface area (TPSA) is 116 Å². The summed E-state index contributed by atoms with van der Waals surface area (Å²) in [6.07, 6.45) is 0. The van der Waals surface area contributed by atoms with Crippen molar-refractivity contribution >= 4 is 21.4 Å². The number of hydrogen-bond donors (Lipinski definition) is 1. The fourth-order valence-corrected chi connectivity index (χ4v) is 3.01. The van der Waals surface area contributed by atoms with Crippen LogP contribution < -0.4 is 14.8 Å². The van der Waals surface area contributed by atoms with Gasteiger partial charge in [0.1, 0.15) is 10.6 Å². The van der Waals surface area contributed by atoms with Gasteiger partial charge in [0.2, 0.25) is 10.0 Å². The second-order valence-corrected chi connectivity index (χ2v) is 6.69. The van der Waals surface area contributed by atoms with Crippen molar-refractivity contribution in [3.8, 4) is 5.75 Å². The molecule has 24 heavy (non-hydrogen) atoms. The van der Waals surface area contributed by atoms with E-state index in [0.29, 0.717) is 12.3 Å². The van der Waals surface area contributed by atoms with Crippen LogP contribution in [0.1, 0.15) is 5.56 Å². The summed E-state index contributed by atoms with van der Waals surface area (Å²) in [4.78, 5) is 11.8. The fourth-order valence-electron chi connectivity index (χ4n) is 2.25. The summed E-state index contributed by atoms with van der Waals surface area (Å²) in [6.45, 7) is 0.341. The highest BCUT2D eigenvalue weighted by atomic mass is 32.2. The number of primary sulfonamides is 1. The predicted octanol–water partition coefficient (Wildman–Crippen LogP) is 1.89. The molecule has 0 heterocycles. The van der Waals surface area contributed by atoms with Gasteiger partial charge in [-0.25, -0.2) is 13.6 Å². The molecule has 0 aromatic heterocycles. The Balaban J connectivity index is 2.40. The van der Waals surface area contributed by atoms with Crippen LogP contribution in [0.4, 0.5) is 11.4 Å². The minimum atomic E-state index is -4.01. The number of rotatable bonds is 6. The molecule has 0 saturated heterocycles. The van der Waals surface area contributed by atoms with Gasteiger partial charge in [-0.3, -0.25) is 10.1 Å². The third-order valence-corrected chi connectivity index (χ3v) is 4.41. The average molecular weight is 351 g/mol. The van der Waals surface area contributed by atoms with E-state index >= 15 is 0 Å². The lowest BCUT2D eigenvalue weighted by Gasteiger charge is -2.21. The Labute approximate surface area is 139 Å². The Morgan fingerprint density at radius 2 is 1.83 bits per heavy atom. The van der Waals surface area contributed by atoms with Crippen LogP contribution in [0, 0.1) is 10.1 Å². The first-order chi connectivity index (χ1) is 11.2. The van der Waals surface area contributed by atoms with Gasteiger partial charge in [-0.05, 0) is 23.8 Å². The maximum Gasteiger partial charge on any atom is 0.271 e. The monoisotopic (exact) mass is 351 g/mol. The zero-order chi connectivity index (χ0) is 17.9. The number of benzene rings is 2. The van der Waals surface area contributed by atoms with Crippen LogP contribution in [0.5, 0.6) is 5.75 Å². The molecule has 2 aromatic carbocycles. The van der Waals surface area contributed by atoms with Crippen molar-refractivity contribution in [2.45, 2.75) is 11.4 Å². The average Bonchev–Trinajstić information content (AvgIpc) is 2.54. The van der Waals surface area contributed by atoms with Crippen molar-refractivity contribution in [2.24, 2.45) is 5.14 Å². The van der Waals surface area contributed by atoms with Gasteiger partial charge in [0, 0.05) is 25.7 Å². The van der Waals surface area contributed by atoms with Crippen LogP contribution in [0.2, 0.25) is 0 Å². The molecule has 0 atom stereocenters. The zero-order valence-corrected chi connectivity index (χ0v) is 14.0. The van der Waals surface area contributed by atoms with Crippen LogP contribution in [-0.4, -0.2) is 27.5 Å². The van der Waals surface area contributed by atoms with Gasteiger partial charge in [-0.1, -0.05) is 12.1 Å². The van der Waals surface area contributed by atoms with Crippen molar-refractivity contribution in [2.75, 3.05) is 19.1 Å². The minimum Gasteiger partial charge on any atom is -0.497 e. The molecule has 0 fully saturated rings. The van der Waals surface area contributed by atoms with Gasteiger partial charge >= 0.3 is 0 Å². The Kier molecular flexibility index (Phi) is 5.05. The smallest absolute Gasteiger partial charge is 0.271 e. The first-order valence-electron chi connectivity index (χ1n) is 6.87. The highest BCUT2D eigenvalue weighted by molar-refractivity contribution is 7.89. The standard InChI is InChI=1S/C15H17N3O5S/c1-17(10-11-3-6-13(23-2)7-4-11)14-9-12(18(19)20)5-8-15(14)24(16,21)22/h3-9H,10H2,1-2H3,(H2,16,21,22). The van der Waals surface area contributed by atoms with Crippen LogP contribution in [0.3, 0.4) is 0 Å². The molecule has 2 N–H and O–H groups in total. The van der Waals surface area contributed by atoms with E-state index in [4.69, 9.17) is 9.88 Å². The first-order valence-corrected chi connectivity index (χ1v) is 8.42. The first kappa shape index (κ1) is 17.7. The zero-order valence-electron chi connectivity index (χ0n) is 13.2. The molecule has 2 aromatic rings. The molecule has 8 nitrogen and oxygen atoms in total. The molecule has 0 saturated carbocycles. The van der Waals surface area contributed by atoms with Crippen LogP contribution in [0.25, 0.3) is 0 Å². The predicted molar refractivity (Wildman–Crippen MR) is 89.6 cm³/mol. The van der Waals surface area contributed by atoms with Gasteiger partial charge in [-0.15, -0.1) is 0 Å². The Hall–Kier alpha value is -2.65. The molecule has 0 aliphatic rings. The summed E-state index contributed by atoms with van der Waals surface area (Å²) < 4.78 is 28.6. The van der Waals surface area contributed by atoms with Crippen molar-refractivity contribution in [3.05, 3.63) is 58.1 Å². The lowest BCUT2D eigenvalue weighted by atomic mass is 10.2. The highest BCUT2D eigenvalue weighted by Crippen LogP contribution is 2.29. The second-order valence-electron chi connectivity index (χ2n) is 5.16. The minimum absolute atomic E-state index is 0.163. The molecule has 0 aliphatic carbocycles. The number of nitro benzene ring substituents is 1. The summed E-state index contributed by atoms with van der Waals surface area (Å²) in [5, 5.41) is 16.2.